The summed E-state index contributed by atoms with van der Waals surface area (Å²) in [5.74, 6) is 0. The van der Waals surface area contributed by atoms with Gasteiger partial charge in [0.15, 0.2) is 0 Å². The SMILES string of the molecule is CC(C)(C)c1cc2ccc3c(-c4ccc(-c5cccc6ccccc56)cc4)cc(-c4ccc5ccccc5c4)c4ccc(c1)c2c34.[2H]c1c([2H])c([2H])c(-c2c3ccccc3c(-c3cccc(-n4c5ccccc5c5ccccc54)c3)c3ccccc23)c([2H])c1[2H]. The van der Waals surface area contributed by atoms with E-state index in [4.69, 9.17) is 6.85 Å². The van der Waals surface area contributed by atoms with Crippen LogP contribution in [0.1, 0.15) is 33.2 Å². The van der Waals surface area contributed by atoms with E-state index in [9.17, 15) is 0 Å². The van der Waals surface area contributed by atoms with Crippen molar-refractivity contribution in [1.29, 1.82) is 0 Å². The van der Waals surface area contributed by atoms with Gasteiger partial charge in [0, 0.05) is 16.5 Å². The van der Waals surface area contributed by atoms with Gasteiger partial charge in [0.1, 0.15) is 0 Å². The molecule has 0 atom stereocenters. The Labute approximate surface area is 502 Å². The Morgan fingerprint density at radius 1 is 0.282 bits per heavy atom. The Balaban J connectivity index is 0.000000144. The summed E-state index contributed by atoms with van der Waals surface area (Å²) in [5, 5.41) is 19.0. The molecule has 0 N–H and O–H groups in total. The van der Waals surface area contributed by atoms with Crippen LogP contribution < -0.4 is 0 Å². The first-order valence-corrected chi connectivity index (χ1v) is 29.3. The summed E-state index contributed by atoms with van der Waals surface area (Å²) in [5.41, 5.74) is 15.3. The van der Waals surface area contributed by atoms with Crippen LogP contribution in [-0.4, -0.2) is 4.57 Å². The third-order valence-corrected chi connectivity index (χ3v) is 17.6. The van der Waals surface area contributed by atoms with E-state index in [0.717, 1.165) is 49.4 Å². The van der Waals surface area contributed by atoms with E-state index >= 15 is 0 Å². The van der Waals surface area contributed by atoms with Gasteiger partial charge in [-0.05, 0) is 178 Å². The molecule has 0 spiro atoms. The number of hydrogen-bond acceptors (Lipinski definition) is 0. The molecule has 16 aromatic carbocycles. The minimum Gasteiger partial charge on any atom is -0.309 e. The molecule has 0 saturated heterocycles. The highest BCUT2D eigenvalue weighted by Crippen LogP contribution is 2.48. The van der Waals surface area contributed by atoms with Gasteiger partial charge < -0.3 is 4.57 Å². The predicted octanol–water partition coefficient (Wildman–Crippen LogP) is 23.6. The molecule has 0 radical (unpaired) electrons. The molecule has 400 valence electrons. The van der Waals surface area contributed by atoms with E-state index in [1.165, 1.54) is 104 Å². The van der Waals surface area contributed by atoms with Gasteiger partial charge >= 0.3 is 0 Å². The van der Waals surface area contributed by atoms with Crippen molar-refractivity contribution in [2.45, 2.75) is 26.2 Å². The molecule has 17 rings (SSSR count). The van der Waals surface area contributed by atoms with Crippen molar-refractivity contribution in [3.63, 3.8) is 0 Å². The summed E-state index contributed by atoms with van der Waals surface area (Å²) in [6.45, 7) is 6.91. The van der Waals surface area contributed by atoms with Crippen molar-refractivity contribution >= 4 is 97.2 Å². The molecule has 0 aliphatic carbocycles. The largest absolute Gasteiger partial charge is 0.309 e. The zero-order valence-electron chi connectivity index (χ0n) is 52.4. The maximum atomic E-state index is 8.81. The molecule has 1 nitrogen and oxygen atoms in total. The Morgan fingerprint density at radius 2 is 0.753 bits per heavy atom. The Hall–Kier alpha value is -10.6. The summed E-state index contributed by atoms with van der Waals surface area (Å²) in [4.78, 5) is 0. The van der Waals surface area contributed by atoms with Crippen LogP contribution >= 0.6 is 0 Å². The Kier molecular flexibility index (Phi) is 10.6. The zero-order chi connectivity index (χ0) is 61.1. The molecule has 0 bridgehead atoms. The van der Waals surface area contributed by atoms with Gasteiger partial charge in [-0.25, -0.2) is 0 Å². The van der Waals surface area contributed by atoms with Gasteiger partial charge in [-0.1, -0.05) is 288 Å². The third kappa shape index (κ3) is 8.45. The normalized spacial score (nSPS) is 12.8. The average Bonchev–Trinajstić information content (AvgIpc) is 0.899. The van der Waals surface area contributed by atoms with Gasteiger partial charge in [-0.3, -0.25) is 0 Å². The second-order valence-electron chi connectivity index (χ2n) is 23.5. The lowest BCUT2D eigenvalue weighted by Crippen LogP contribution is -2.10. The van der Waals surface area contributed by atoms with Gasteiger partial charge in [-0.15, -0.1) is 0 Å². The number of benzene rings is 16. The minimum atomic E-state index is -0.393. The van der Waals surface area contributed by atoms with Crippen molar-refractivity contribution in [1.82, 2.24) is 4.57 Å². The molecule has 0 saturated carbocycles. The average molecular weight is 1090 g/mol. The molecule has 1 aromatic heterocycles. The van der Waals surface area contributed by atoms with Crippen LogP contribution in [0.3, 0.4) is 0 Å². The number of hydrogen-bond donors (Lipinski definition) is 0. The highest BCUT2D eigenvalue weighted by Gasteiger charge is 2.22. The summed E-state index contributed by atoms with van der Waals surface area (Å²) in [6, 6.07) is 96.6. The Bertz CT molecular complexity index is 5610. The standard InChI is InChI=1S/C46H34.C38H25N/c1-46(2,3)37-26-35-21-23-40-42(32-18-16-31(17-19-32)39-14-8-12-30-10-6-7-13-38(30)39)28-43(41-24-22-36(27-37)44(35)45(40)41)34-20-15-29-9-4-5-11-33(29)25-34;1-2-13-26(14-3-1)37-31-19-4-6-21-33(31)38(34-22-7-5-20-32(34)37)27-15-12-16-28(25-27)39-35-23-10-8-17-29(35)30-18-9-11-24-36(30)39/h4-28H,1-3H3;1-25H/i;1D,2D,3D,13D,14D. The number of nitrogens with zero attached hydrogens (tertiary/aromatic N) is 1. The molecular weight excluding hydrogens is 1020 g/mol. The molecule has 1 heteroatoms. The first kappa shape index (κ1) is 45.0. The van der Waals surface area contributed by atoms with Crippen LogP contribution in [0.2, 0.25) is 0 Å². The van der Waals surface area contributed by atoms with E-state index in [1.54, 1.807) is 0 Å². The molecule has 17 aromatic rings. The highest BCUT2D eigenvalue weighted by atomic mass is 15.0. The summed E-state index contributed by atoms with van der Waals surface area (Å²) >= 11 is 0. The van der Waals surface area contributed by atoms with Gasteiger partial charge in [0.2, 0.25) is 0 Å². The van der Waals surface area contributed by atoms with Gasteiger partial charge in [0.05, 0.1) is 17.9 Å². The maximum absolute atomic E-state index is 8.81. The van der Waals surface area contributed by atoms with E-state index in [0.29, 0.717) is 5.56 Å². The second kappa shape index (κ2) is 20.1. The van der Waals surface area contributed by atoms with Crippen molar-refractivity contribution in [3.8, 4) is 61.3 Å². The van der Waals surface area contributed by atoms with Crippen LogP contribution in [0.15, 0.2) is 303 Å². The summed E-state index contributed by atoms with van der Waals surface area (Å²) < 4.78 is 44.8. The minimum absolute atomic E-state index is 0.0810. The molecule has 0 amide bonds. The zero-order valence-corrected chi connectivity index (χ0v) is 47.4. The lowest BCUT2D eigenvalue weighted by molar-refractivity contribution is 0.591. The monoisotopic (exact) mass is 1090 g/mol. The molecular formula is C84H59N. The molecule has 85 heavy (non-hydrogen) atoms. The number of fused-ring (bicyclic) bond motifs is 7. The van der Waals surface area contributed by atoms with Gasteiger partial charge in [0.25, 0.3) is 0 Å². The van der Waals surface area contributed by atoms with E-state index in [1.807, 2.05) is 36.4 Å². The summed E-state index contributed by atoms with van der Waals surface area (Å²) in [6.07, 6.45) is 0. The highest BCUT2D eigenvalue weighted by molar-refractivity contribution is 6.29. The lowest BCUT2D eigenvalue weighted by Gasteiger charge is -2.23. The van der Waals surface area contributed by atoms with Crippen LogP contribution in [0, 0.1) is 0 Å². The maximum Gasteiger partial charge on any atom is 0.0629 e. The van der Waals surface area contributed by atoms with Crippen LogP contribution in [0.25, 0.3) is 159 Å². The van der Waals surface area contributed by atoms with E-state index in [2.05, 4.69) is 262 Å². The predicted molar refractivity (Wildman–Crippen MR) is 367 cm³/mol. The number of rotatable bonds is 6. The fourth-order valence-corrected chi connectivity index (χ4v) is 13.6. The van der Waals surface area contributed by atoms with Crippen LogP contribution in [0.4, 0.5) is 0 Å². The van der Waals surface area contributed by atoms with E-state index in [-0.39, 0.29) is 35.1 Å². The fourth-order valence-electron chi connectivity index (χ4n) is 13.6. The first-order valence-electron chi connectivity index (χ1n) is 31.8. The van der Waals surface area contributed by atoms with Crippen molar-refractivity contribution in [2.24, 2.45) is 0 Å². The summed E-state index contributed by atoms with van der Waals surface area (Å²) in [7, 11) is 0. The van der Waals surface area contributed by atoms with Crippen molar-refractivity contribution in [3.05, 3.63) is 309 Å². The smallest absolute Gasteiger partial charge is 0.0629 e. The lowest BCUT2D eigenvalue weighted by atomic mass is 9.81. The van der Waals surface area contributed by atoms with Crippen LogP contribution in [0.5, 0.6) is 0 Å². The van der Waals surface area contributed by atoms with Crippen molar-refractivity contribution in [2.75, 3.05) is 0 Å². The second-order valence-corrected chi connectivity index (χ2v) is 23.5. The van der Waals surface area contributed by atoms with E-state index < -0.39 is 6.04 Å². The quantitative estimate of drug-likeness (QED) is 0.116. The molecule has 1 heterocycles. The molecule has 0 aliphatic heterocycles. The van der Waals surface area contributed by atoms with Crippen LogP contribution in [-0.2, 0) is 5.41 Å². The Morgan fingerprint density at radius 3 is 1.36 bits per heavy atom. The third-order valence-electron chi connectivity index (χ3n) is 17.6. The molecule has 0 aliphatic rings. The van der Waals surface area contributed by atoms with Gasteiger partial charge in [-0.2, -0.15) is 0 Å². The molecule has 0 unspecified atom stereocenters. The van der Waals surface area contributed by atoms with Crippen molar-refractivity contribution < 1.29 is 6.85 Å². The fraction of sp³-hybridized carbons (Fsp3) is 0.0476. The number of aromatic nitrogens is 1. The first-order chi connectivity index (χ1) is 43.9. The topological polar surface area (TPSA) is 4.93 Å². The number of para-hydroxylation sites is 2. The molecule has 0 fully saturated rings.